The average molecular weight is 217 g/mol. The van der Waals surface area contributed by atoms with E-state index in [4.69, 9.17) is 0 Å². The van der Waals surface area contributed by atoms with E-state index in [2.05, 4.69) is 50.9 Å². The summed E-state index contributed by atoms with van der Waals surface area (Å²) in [6.07, 6.45) is 2.86. The molecule has 1 aromatic carbocycles. The molecule has 16 heavy (non-hydrogen) atoms. The van der Waals surface area contributed by atoms with E-state index < -0.39 is 0 Å². The van der Waals surface area contributed by atoms with Gasteiger partial charge in [-0.2, -0.15) is 0 Å². The van der Waals surface area contributed by atoms with E-state index in [0.717, 1.165) is 18.5 Å². The first-order chi connectivity index (χ1) is 7.58. The smallest absolute Gasteiger partial charge is 0.0236 e. The van der Waals surface area contributed by atoms with E-state index in [1.165, 1.54) is 29.5 Å². The largest absolute Gasteiger partial charge is 0.299 e. The predicted octanol–water partition coefficient (Wildman–Crippen LogP) is 3.53. The molecule has 0 saturated heterocycles. The van der Waals surface area contributed by atoms with E-state index in [-0.39, 0.29) is 0 Å². The highest BCUT2D eigenvalue weighted by Gasteiger charge is 2.30. The van der Waals surface area contributed by atoms with Gasteiger partial charge in [0.25, 0.3) is 0 Å². The second-order valence-electron chi connectivity index (χ2n) is 5.42. The molecule has 1 unspecified atom stereocenters. The molecule has 0 spiro atoms. The zero-order valence-corrected chi connectivity index (χ0v) is 11.0. The van der Waals surface area contributed by atoms with Crippen LogP contribution in [0.25, 0.3) is 0 Å². The first-order valence-corrected chi connectivity index (χ1v) is 6.34. The van der Waals surface area contributed by atoms with Gasteiger partial charge in [0.05, 0.1) is 0 Å². The van der Waals surface area contributed by atoms with Crippen LogP contribution in [0.5, 0.6) is 0 Å². The lowest BCUT2D eigenvalue weighted by Gasteiger charge is -2.25. The zero-order chi connectivity index (χ0) is 11.7. The SMILES string of the molecule is Cc1ccc(C)c(CN(C)C(C)C2CC2)c1. The van der Waals surface area contributed by atoms with Crippen molar-refractivity contribution in [2.45, 2.75) is 46.2 Å². The van der Waals surface area contributed by atoms with Gasteiger partial charge < -0.3 is 0 Å². The third kappa shape index (κ3) is 2.65. The first-order valence-electron chi connectivity index (χ1n) is 6.34. The van der Waals surface area contributed by atoms with Crippen LogP contribution in [0.4, 0.5) is 0 Å². The molecule has 1 aromatic rings. The molecule has 88 valence electrons. The molecule has 1 aliphatic carbocycles. The lowest BCUT2D eigenvalue weighted by Crippen LogP contribution is -2.30. The second-order valence-corrected chi connectivity index (χ2v) is 5.42. The van der Waals surface area contributed by atoms with Crippen LogP contribution < -0.4 is 0 Å². The number of aryl methyl sites for hydroxylation is 2. The fraction of sp³-hybridized carbons (Fsp3) is 0.600. The predicted molar refractivity (Wildman–Crippen MR) is 69.6 cm³/mol. The maximum atomic E-state index is 2.50. The number of hydrogen-bond donors (Lipinski definition) is 0. The van der Waals surface area contributed by atoms with Crippen LogP contribution in [0.3, 0.4) is 0 Å². The van der Waals surface area contributed by atoms with Crippen molar-refractivity contribution in [3.63, 3.8) is 0 Å². The van der Waals surface area contributed by atoms with Gasteiger partial charge in [-0.1, -0.05) is 23.8 Å². The van der Waals surface area contributed by atoms with Gasteiger partial charge in [0.15, 0.2) is 0 Å². The molecule has 1 saturated carbocycles. The van der Waals surface area contributed by atoms with Crippen molar-refractivity contribution in [1.82, 2.24) is 4.90 Å². The molecular weight excluding hydrogens is 194 g/mol. The zero-order valence-electron chi connectivity index (χ0n) is 11.0. The van der Waals surface area contributed by atoms with Gasteiger partial charge in [0.1, 0.15) is 0 Å². The molecule has 1 atom stereocenters. The highest BCUT2D eigenvalue weighted by Crippen LogP contribution is 2.35. The Morgan fingerprint density at radius 2 is 2.00 bits per heavy atom. The Balaban J connectivity index is 2.04. The van der Waals surface area contributed by atoms with E-state index >= 15 is 0 Å². The lowest BCUT2D eigenvalue weighted by atomic mass is 10.0. The first kappa shape index (κ1) is 11.7. The third-order valence-corrected chi connectivity index (χ3v) is 3.92. The molecule has 0 aromatic heterocycles. The van der Waals surface area contributed by atoms with Crippen LogP contribution in [0.15, 0.2) is 18.2 Å². The number of rotatable bonds is 4. The van der Waals surface area contributed by atoms with Crippen molar-refractivity contribution in [3.8, 4) is 0 Å². The fourth-order valence-electron chi connectivity index (χ4n) is 2.32. The molecule has 0 aliphatic heterocycles. The molecule has 1 aliphatic rings. The molecule has 0 radical (unpaired) electrons. The molecule has 0 amide bonds. The quantitative estimate of drug-likeness (QED) is 0.745. The van der Waals surface area contributed by atoms with Crippen molar-refractivity contribution < 1.29 is 0 Å². The molecule has 0 N–H and O–H groups in total. The number of hydrogen-bond acceptors (Lipinski definition) is 1. The van der Waals surface area contributed by atoms with Gasteiger partial charge in [-0.3, -0.25) is 4.90 Å². The van der Waals surface area contributed by atoms with Gasteiger partial charge in [-0.05, 0) is 57.7 Å². The maximum absolute atomic E-state index is 2.50. The Morgan fingerprint density at radius 3 is 2.62 bits per heavy atom. The minimum absolute atomic E-state index is 0.736. The number of nitrogens with zero attached hydrogens (tertiary/aromatic N) is 1. The van der Waals surface area contributed by atoms with Crippen molar-refractivity contribution in [2.75, 3.05) is 7.05 Å². The summed E-state index contributed by atoms with van der Waals surface area (Å²) in [4.78, 5) is 2.50. The maximum Gasteiger partial charge on any atom is 0.0236 e. The minimum atomic E-state index is 0.736. The van der Waals surface area contributed by atoms with Crippen LogP contribution in [0, 0.1) is 19.8 Å². The summed E-state index contributed by atoms with van der Waals surface area (Å²) in [5.74, 6) is 0.954. The standard InChI is InChI=1S/C15H23N/c1-11-5-6-12(2)15(9-11)10-16(4)13(3)14-7-8-14/h5-6,9,13-14H,7-8,10H2,1-4H3. The summed E-state index contributed by atoms with van der Waals surface area (Å²) < 4.78 is 0. The topological polar surface area (TPSA) is 3.24 Å². The Bertz CT molecular complexity index is 366. The van der Waals surface area contributed by atoms with Crippen molar-refractivity contribution in [2.24, 2.45) is 5.92 Å². The molecule has 1 heteroatoms. The van der Waals surface area contributed by atoms with Gasteiger partial charge in [0, 0.05) is 12.6 Å². The van der Waals surface area contributed by atoms with Crippen molar-refractivity contribution >= 4 is 0 Å². The summed E-state index contributed by atoms with van der Waals surface area (Å²) in [6.45, 7) is 7.84. The summed E-state index contributed by atoms with van der Waals surface area (Å²) in [5, 5.41) is 0. The van der Waals surface area contributed by atoms with E-state index in [0.29, 0.717) is 0 Å². The number of benzene rings is 1. The fourth-order valence-corrected chi connectivity index (χ4v) is 2.32. The Labute approximate surface area is 99.5 Å². The van der Waals surface area contributed by atoms with Crippen LogP contribution >= 0.6 is 0 Å². The van der Waals surface area contributed by atoms with E-state index in [1.807, 2.05) is 0 Å². The van der Waals surface area contributed by atoms with Crippen molar-refractivity contribution in [1.29, 1.82) is 0 Å². The van der Waals surface area contributed by atoms with Crippen LogP contribution in [-0.4, -0.2) is 18.0 Å². The van der Waals surface area contributed by atoms with Gasteiger partial charge >= 0.3 is 0 Å². The Morgan fingerprint density at radius 1 is 1.31 bits per heavy atom. The molecule has 1 fully saturated rings. The molecule has 0 heterocycles. The van der Waals surface area contributed by atoms with Crippen LogP contribution in [-0.2, 0) is 6.54 Å². The lowest BCUT2D eigenvalue weighted by molar-refractivity contribution is 0.226. The Hall–Kier alpha value is -0.820. The normalized spacial score (nSPS) is 17.8. The molecule has 0 bridgehead atoms. The summed E-state index contributed by atoms with van der Waals surface area (Å²) >= 11 is 0. The molecule has 2 rings (SSSR count). The molecular formula is C15H23N. The van der Waals surface area contributed by atoms with E-state index in [1.54, 1.807) is 0 Å². The average Bonchev–Trinajstić information content (AvgIpc) is 3.06. The highest BCUT2D eigenvalue weighted by atomic mass is 15.1. The van der Waals surface area contributed by atoms with Crippen LogP contribution in [0.1, 0.15) is 36.5 Å². The van der Waals surface area contributed by atoms with E-state index in [9.17, 15) is 0 Å². The third-order valence-electron chi connectivity index (χ3n) is 3.92. The van der Waals surface area contributed by atoms with Crippen LogP contribution in [0.2, 0.25) is 0 Å². The summed E-state index contributed by atoms with van der Waals surface area (Å²) in [7, 11) is 2.25. The minimum Gasteiger partial charge on any atom is -0.299 e. The second kappa shape index (κ2) is 4.58. The van der Waals surface area contributed by atoms with Gasteiger partial charge in [0.2, 0.25) is 0 Å². The summed E-state index contributed by atoms with van der Waals surface area (Å²) in [6, 6.07) is 7.49. The van der Waals surface area contributed by atoms with Crippen molar-refractivity contribution in [3.05, 3.63) is 34.9 Å². The van der Waals surface area contributed by atoms with Gasteiger partial charge in [-0.25, -0.2) is 0 Å². The Kier molecular flexibility index (Phi) is 3.34. The monoisotopic (exact) mass is 217 g/mol. The molecule has 1 nitrogen and oxygen atoms in total. The highest BCUT2D eigenvalue weighted by molar-refractivity contribution is 5.30. The summed E-state index contributed by atoms with van der Waals surface area (Å²) in [5.41, 5.74) is 4.27. The van der Waals surface area contributed by atoms with Gasteiger partial charge in [-0.15, -0.1) is 0 Å².